The summed E-state index contributed by atoms with van der Waals surface area (Å²) in [6, 6.07) is 12.6. The molecule has 1 saturated heterocycles. The van der Waals surface area contributed by atoms with Gasteiger partial charge in [-0.2, -0.15) is 9.97 Å². The number of aromatic nitrogens is 4. The van der Waals surface area contributed by atoms with E-state index in [1.165, 1.54) is 0 Å². The molecule has 0 unspecified atom stereocenters. The van der Waals surface area contributed by atoms with Crippen LogP contribution in [0.2, 0.25) is 0 Å². The number of nitrogens with one attached hydrogen (secondary N) is 3. The van der Waals surface area contributed by atoms with E-state index in [0.717, 1.165) is 10.8 Å². The van der Waals surface area contributed by atoms with Gasteiger partial charge in [-0.25, -0.2) is 10.1 Å². The Morgan fingerprint density at radius 3 is 2.75 bits per heavy atom. The smallest absolute Gasteiger partial charge is 0.323 e. The molecule has 2 aromatic heterocycles. The summed E-state index contributed by atoms with van der Waals surface area (Å²) in [5, 5.41) is 16.6. The molecule has 1 aliphatic rings. The molecule has 234 valence electrons. The van der Waals surface area contributed by atoms with Crippen LogP contribution in [0.3, 0.4) is 0 Å². The number of nitrogens with zero attached hydrogens (tertiary/aromatic N) is 4. The van der Waals surface area contributed by atoms with Crippen LogP contribution < -0.4 is 20.7 Å². The molecule has 0 spiro atoms. The Balaban J connectivity index is 1.35. The van der Waals surface area contributed by atoms with E-state index in [4.69, 9.17) is 41.5 Å². The molecule has 4 aromatic rings. The van der Waals surface area contributed by atoms with Crippen LogP contribution in [0.15, 0.2) is 48.8 Å². The summed E-state index contributed by atoms with van der Waals surface area (Å²) in [4.78, 5) is 25.8. The van der Waals surface area contributed by atoms with Crippen molar-refractivity contribution in [3.05, 3.63) is 48.8 Å². The van der Waals surface area contributed by atoms with Crippen LogP contribution in [0.1, 0.15) is 40.3 Å². The molecule has 1 fully saturated rings. The fraction of sp³-hybridized carbons (Fsp3) is 0.414. The monoisotopic (exact) mass is 640 g/mol. The highest BCUT2D eigenvalue weighted by Gasteiger charge is 2.36. The third-order valence-corrected chi connectivity index (χ3v) is 9.23. The Bertz CT molecular complexity index is 1740. The molecule has 44 heavy (non-hydrogen) atoms. The number of fused-ring (bicyclic) bond motifs is 2. The van der Waals surface area contributed by atoms with E-state index < -0.39 is 31.0 Å². The molecular weight excluding hydrogens is 603 g/mol. The lowest BCUT2D eigenvalue weighted by Gasteiger charge is -2.28. The first kappa shape index (κ1) is 31.7. The third-order valence-electron chi connectivity index (χ3n) is 6.75. The minimum Gasteiger partial charge on any atom is -0.464 e. The zero-order valence-corrected chi connectivity index (χ0v) is 26.9. The van der Waals surface area contributed by atoms with E-state index in [-0.39, 0.29) is 31.0 Å². The zero-order valence-electron chi connectivity index (χ0n) is 25.2. The van der Waals surface area contributed by atoms with Crippen LogP contribution >= 0.6 is 6.64 Å². The van der Waals surface area contributed by atoms with Gasteiger partial charge in [-0.1, -0.05) is 57.2 Å². The lowest BCUT2D eigenvalue weighted by Crippen LogP contribution is -2.36. The van der Waals surface area contributed by atoms with Gasteiger partial charge in [0.2, 0.25) is 5.95 Å². The Labute approximate surface area is 260 Å². The van der Waals surface area contributed by atoms with Crippen molar-refractivity contribution in [2.24, 2.45) is 5.41 Å². The molecule has 2 aromatic carbocycles. The minimum absolute atomic E-state index is 0.00318. The van der Waals surface area contributed by atoms with Crippen molar-refractivity contribution in [1.82, 2.24) is 24.6 Å². The largest absolute Gasteiger partial charge is 0.464 e. The number of benzene rings is 2. The van der Waals surface area contributed by atoms with Crippen molar-refractivity contribution in [3.63, 3.8) is 0 Å². The van der Waals surface area contributed by atoms with Crippen molar-refractivity contribution in [2.45, 2.75) is 52.5 Å². The van der Waals surface area contributed by atoms with Crippen molar-refractivity contribution in [3.8, 4) is 5.75 Å². The Morgan fingerprint density at radius 1 is 1.25 bits per heavy atom. The van der Waals surface area contributed by atoms with E-state index in [1.54, 1.807) is 24.9 Å². The molecule has 0 radical (unpaired) electrons. The summed E-state index contributed by atoms with van der Waals surface area (Å²) in [5.41, 5.74) is 6.96. The molecule has 0 aliphatic carbocycles. The van der Waals surface area contributed by atoms with Gasteiger partial charge in [0.25, 0.3) is 0 Å². The van der Waals surface area contributed by atoms with Crippen LogP contribution in [0.5, 0.6) is 5.75 Å². The summed E-state index contributed by atoms with van der Waals surface area (Å²) in [6.07, 6.45) is 0.513. The Hall–Kier alpha value is -3.68. The minimum atomic E-state index is -3.36. The van der Waals surface area contributed by atoms with E-state index in [9.17, 15) is 4.79 Å². The number of nitrogen functional groups attached to an aromatic ring is 1. The second kappa shape index (κ2) is 12.7. The number of rotatable bonds is 11. The molecule has 5 rings (SSSR count). The normalized spacial score (nSPS) is 19.2. The van der Waals surface area contributed by atoms with Crippen LogP contribution in [0, 0.1) is 10.8 Å². The number of carbonyl (C=O) groups excluding carboxylic acids is 1. The number of nitrogens with two attached hydrogens (primary N) is 1. The van der Waals surface area contributed by atoms with Gasteiger partial charge in [-0.15, -0.1) is 0 Å². The SMILES string of the molecule is CNc1nc(N)nc2c1ncn2[C@@H]1O[C@H](CO[P@](=S)(N[C@H](C)C(=O)OCC(C)(C)C)Oc2cccc3ccccc23)CC1=N. The quantitative estimate of drug-likeness (QED) is 0.131. The average Bonchev–Trinajstić information content (AvgIpc) is 3.56. The maximum Gasteiger partial charge on any atom is 0.323 e. The van der Waals surface area contributed by atoms with E-state index in [1.807, 2.05) is 63.2 Å². The third kappa shape index (κ3) is 7.16. The molecule has 5 N–H and O–H groups in total. The van der Waals surface area contributed by atoms with Gasteiger partial charge in [0.05, 0.1) is 31.4 Å². The predicted octanol–water partition coefficient (Wildman–Crippen LogP) is 4.80. The van der Waals surface area contributed by atoms with E-state index >= 15 is 0 Å². The van der Waals surface area contributed by atoms with Gasteiger partial charge in [0.15, 0.2) is 23.2 Å². The summed E-state index contributed by atoms with van der Waals surface area (Å²) < 4.78 is 26.1. The van der Waals surface area contributed by atoms with E-state index in [0.29, 0.717) is 28.4 Å². The Morgan fingerprint density at radius 2 is 2.00 bits per heavy atom. The van der Waals surface area contributed by atoms with Gasteiger partial charge in [0, 0.05) is 18.9 Å². The summed E-state index contributed by atoms with van der Waals surface area (Å²) in [5.74, 6) is 0.603. The van der Waals surface area contributed by atoms with Crippen LogP contribution in [0.25, 0.3) is 21.9 Å². The number of hydrogen-bond acceptors (Lipinski definition) is 12. The first-order valence-electron chi connectivity index (χ1n) is 14.1. The van der Waals surface area contributed by atoms with Gasteiger partial charge in [0.1, 0.15) is 11.8 Å². The number of carbonyl (C=O) groups is 1. The number of hydrogen-bond donors (Lipinski definition) is 4. The lowest BCUT2D eigenvalue weighted by molar-refractivity contribution is -0.148. The zero-order chi connectivity index (χ0) is 31.6. The molecule has 4 atom stereocenters. The average molecular weight is 641 g/mol. The fourth-order valence-electron chi connectivity index (χ4n) is 4.65. The van der Waals surface area contributed by atoms with Crippen molar-refractivity contribution in [1.29, 1.82) is 5.41 Å². The van der Waals surface area contributed by atoms with E-state index in [2.05, 4.69) is 25.4 Å². The molecule has 13 nitrogen and oxygen atoms in total. The van der Waals surface area contributed by atoms with Crippen LogP contribution in [0.4, 0.5) is 11.8 Å². The topological polar surface area (TPSA) is 172 Å². The van der Waals surface area contributed by atoms with Gasteiger partial charge >= 0.3 is 12.6 Å². The molecule has 15 heteroatoms. The summed E-state index contributed by atoms with van der Waals surface area (Å²) >= 11 is 5.96. The maximum absolute atomic E-state index is 12.9. The second-order valence-corrected chi connectivity index (χ2v) is 14.9. The number of esters is 1. The van der Waals surface area contributed by atoms with Crippen molar-refractivity contribution < 1.29 is 23.3 Å². The van der Waals surface area contributed by atoms with Crippen molar-refractivity contribution >= 4 is 63.8 Å². The standard InChI is InChI=1S/C29H37N8O5PS/c1-17(27(38)39-15-29(2,3)4)36-43(44,42-22-12-8-10-18-9-6-7-11-20(18)22)40-14-19-13-21(30)26(41-19)37-16-33-23-24(32-5)34-28(31)35-25(23)37/h6-12,16-17,19,26,30H,13-15H2,1-5H3,(H,36,44)(H3,31,32,34,35)/t17-,19+,26-,43-/m1/s1. The highest BCUT2D eigenvalue weighted by molar-refractivity contribution is 8.09. The second-order valence-electron chi connectivity index (χ2n) is 11.7. The summed E-state index contributed by atoms with van der Waals surface area (Å²) in [6.45, 7) is 4.50. The molecule has 1 aliphatic heterocycles. The van der Waals surface area contributed by atoms with Crippen LogP contribution in [-0.4, -0.2) is 63.6 Å². The highest BCUT2D eigenvalue weighted by atomic mass is 32.5. The molecule has 0 bridgehead atoms. The van der Waals surface area contributed by atoms with Crippen molar-refractivity contribution in [2.75, 3.05) is 31.3 Å². The lowest BCUT2D eigenvalue weighted by atomic mass is 9.99. The molecule has 0 saturated carbocycles. The maximum atomic E-state index is 12.9. The predicted molar refractivity (Wildman–Crippen MR) is 173 cm³/mol. The van der Waals surface area contributed by atoms with Gasteiger partial charge in [-0.05, 0) is 35.6 Å². The fourth-order valence-corrected chi connectivity index (χ4v) is 7.09. The molecule has 3 heterocycles. The summed E-state index contributed by atoms with van der Waals surface area (Å²) in [7, 11) is 1.71. The number of ether oxygens (including phenoxy) is 2. The number of imidazole rings is 1. The Kier molecular flexibility index (Phi) is 9.19. The molecule has 0 amide bonds. The molecular formula is C29H37N8O5PS. The van der Waals surface area contributed by atoms with Crippen LogP contribution in [-0.2, 0) is 30.6 Å². The van der Waals surface area contributed by atoms with Gasteiger partial charge in [-0.3, -0.25) is 9.36 Å². The first-order chi connectivity index (χ1) is 20.9. The number of anilines is 2. The highest BCUT2D eigenvalue weighted by Crippen LogP contribution is 2.48. The van der Waals surface area contributed by atoms with Gasteiger partial charge < -0.3 is 35.0 Å². The first-order valence-corrected chi connectivity index (χ1v) is 16.8.